The molecule has 1 aliphatic rings. The minimum absolute atomic E-state index is 0.0658. The van der Waals surface area contributed by atoms with E-state index in [0.717, 1.165) is 12.8 Å². The van der Waals surface area contributed by atoms with Gasteiger partial charge in [0.1, 0.15) is 18.4 Å². The summed E-state index contributed by atoms with van der Waals surface area (Å²) in [5.74, 6) is 0.406. The van der Waals surface area contributed by atoms with Crippen molar-refractivity contribution in [3.8, 4) is 5.75 Å². The fraction of sp³-hybridized carbons (Fsp3) is 0.500. The van der Waals surface area contributed by atoms with Crippen molar-refractivity contribution in [1.29, 1.82) is 0 Å². The Balaban J connectivity index is 1.61. The highest BCUT2D eigenvalue weighted by Gasteiger charge is 2.36. The number of piperidine rings is 1. The number of rotatable bonds is 9. The van der Waals surface area contributed by atoms with Crippen molar-refractivity contribution >= 4 is 21.6 Å². The summed E-state index contributed by atoms with van der Waals surface area (Å²) in [7, 11) is -3.42. The van der Waals surface area contributed by atoms with E-state index < -0.39 is 16.1 Å². The Morgan fingerprint density at radius 2 is 2.17 bits per heavy atom. The molecular formula is C20H28N4O4S. The van der Waals surface area contributed by atoms with Crippen LogP contribution in [0.4, 0.5) is 5.69 Å². The molecule has 1 N–H and O–H groups in total. The zero-order chi connectivity index (χ0) is 20.7. The van der Waals surface area contributed by atoms with Gasteiger partial charge in [-0.1, -0.05) is 19.4 Å². The molecule has 9 heteroatoms. The average molecular weight is 421 g/mol. The van der Waals surface area contributed by atoms with Crippen LogP contribution in [0.1, 0.15) is 32.6 Å². The van der Waals surface area contributed by atoms with Crippen LogP contribution in [-0.4, -0.2) is 53.4 Å². The van der Waals surface area contributed by atoms with Gasteiger partial charge in [0, 0.05) is 30.7 Å². The summed E-state index contributed by atoms with van der Waals surface area (Å²) in [6.45, 7) is 3.30. The lowest BCUT2D eigenvalue weighted by Crippen LogP contribution is -2.50. The van der Waals surface area contributed by atoms with E-state index in [1.54, 1.807) is 29.1 Å². The van der Waals surface area contributed by atoms with Crippen molar-refractivity contribution < 1.29 is 17.9 Å². The molecular weight excluding hydrogens is 392 g/mol. The van der Waals surface area contributed by atoms with E-state index in [-0.39, 0.29) is 11.7 Å². The van der Waals surface area contributed by atoms with E-state index in [2.05, 4.69) is 10.4 Å². The van der Waals surface area contributed by atoms with Crippen LogP contribution in [0.3, 0.4) is 0 Å². The van der Waals surface area contributed by atoms with E-state index >= 15 is 0 Å². The predicted molar refractivity (Wildman–Crippen MR) is 111 cm³/mol. The van der Waals surface area contributed by atoms with Crippen molar-refractivity contribution in [3.05, 3.63) is 42.7 Å². The Hall–Kier alpha value is -2.39. The highest BCUT2D eigenvalue weighted by Crippen LogP contribution is 2.24. The molecule has 1 aliphatic heterocycles. The molecule has 29 heavy (non-hydrogen) atoms. The minimum atomic E-state index is -3.42. The molecule has 3 rings (SSSR count). The van der Waals surface area contributed by atoms with Crippen LogP contribution in [0, 0.1) is 0 Å². The lowest BCUT2D eigenvalue weighted by molar-refractivity contribution is -0.120. The Morgan fingerprint density at radius 3 is 2.93 bits per heavy atom. The Labute approximate surface area is 171 Å². The predicted octanol–water partition coefficient (Wildman–Crippen LogP) is 2.49. The molecule has 0 radical (unpaired) electrons. The quantitative estimate of drug-likeness (QED) is 0.673. The zero-order valence-corrected chi connectivity index (χ0v) is 17.5. The largest absolute Gasteiger partial charge is 0.492 e. The first-order valence-corrected chi connectivity index (χ1v) is 11.6. The lowest BCUT2D eigenvalue weighted by Gasteiger charge is -2.33. The molecule has 1 aromatic heterocycles. The van der Waals surface area contributed by atoms with Gasteiger partial charge < -0.3 is 10.1 Å². The van der Waals surface area contributed by atoms with E-state index in [1.807, 2.05) is 25.3 Å². The number of benzene rings is 1. The summed E-state index contributed by atoms with van der Waals surface area (Å²) >= 11 is 0. The van der Waals surface area contributed by atoms with Gasteiger partial charge in [-0.25, -0.2) is 8.42 Å². The summed E-state index contributed by atoms with van der Waals surface area (Å²) < 4.78 is 34.0. The maximum atomic E-state index is 12.8. The van der Waals surface area contributed by atoms with Gasteiger partial charge in [-0.2, -0.15) is 9.40 Å². The van der Waals surface area contributed by atoms with Gasteiger partial charge in [0.15, 0.2) is 0 Å². The minimum Gasteiger partial charge on any atom is -0.492 e. The number of ether oxygens (including phenoxy) is 1. The first-order chi connectivity index (χ1) is 14.0. The summed E-state index contributed by atoms with van der Waals surface area (Å²) in [5.41, 5.74) is 0.588. The molecule has 2 heterocycles. The molecule has 2 aromatic rings. The highest BCUT2D eigenvalue weighted by molar-refractivity contribution is 7.89. The van der Waals surface area contributed by atoms with Crippen molar-refractivity contribution in [1.82, 2.24) is 14.1 Å². The van der Waals surface area contributed by atoms with Crippen LogP contribution < -0.4 is 10.1 Å². The monoisotopic (exact) mass is 420 g/mol. The third-order valence-corrected chi connectivity index (χ3v) is 6.90. The fourth-order valence-electron chi connectivity index (χ4n) is 3.45. The molecule has 158 valence electrons. The van der Waals surface area contributed by atoms with Gasteiger partial charge in [0.05, 0.1) is 12.3 Å². The Kier molecular flexibility index (Phi) is 7.27. The summed E-state index contributed by atoms with van der Waals surface area (Å²) in [4.78, 5) is 12.8. The maximum Gasteiger partial charge on any atom is 0.242 e. The third-order valence-electron chi connectivity index (χ3n) is 4.83. The van der Waals surface area contributed by atoms with Crippen molar-refractivity contribution in [2.75, 3.05) is 24.2 Å². The molecule has 0 bridgehead atoms. The topological polar surface area (TPSA) is 93.5 Å². The number of nitrogens with one attached hydrogen (secondary N) is 1. The molecule has 0 spiro atoms. The maximum absolute atomic E-state index is 12.8. The molecule has 1 fully saturated rings. The first-order valence-electron chi connectivity index (χ1n) is 10.0. The number of amides is 1. The fourth-order valence-corrected chi connectivity index (χ4v) is 5.20. The van der Waals surface area contributed by atoms with Gasteiger partial charge in [0.25, 0.3) is 0 Å². The van der Waals surface area contributed by atoms with E-state index in [1.165, 1.54) is 4.31 Å². The second-order valence-electron chi connectivity index (χ2n) is 7.07. The van der Waals surface area contributed by atoms with Crippen LogP contribution in [0.5, 0.6) is 5.75 Å². The number of hydrogen-bond acceptors (Lipinski definition) is 5. The SMILES string of the molecule is CCCS(=O)(=O)N1CCCCC1C(=O)Nc1cccc(OCCn2cccn2)c1. The van der Waals surface area contributed by atoms with Gasteiger partial charge in [0.2, 0.25) is 15.9 Å². The van der Waals surface area contributed by atoms with Gasteiger partial charge in [-0.15, -0.1) is 0 Å². The second-order valence-corrected chi connectivity index (χ2v) is 9.11. The number of carbonyl (C=O) groups is 1. The summed E-state index contributed by atoms with van der Waals surface area (Å²) in [6, 6.07) is 8.32. The second kappa shape index (κ2) is 9.89. The van der Waals surface area contributed by atoms with Crippen LogP contribution in [0.2, 0.25) is 0 Å². The number of anilines is 1. The van der Waals surface area contributed by atoms with Gasteiger partial charge in [-0.05, 0) is 37.5 Å². The van der Waals surface area contributed by atoms with Crippen LogP contribution in [0.15, 0.2) is 42.7 Å². The molecule has 1 amide bonds. The van der Waals surface area contributed by atoms with Crippen LogP contribution >= 0.6 is 0 Å². The van der Waals surface area contributed by atoms with E-state index in [4.69, 9.17) is 4.74 Å². The molecule has 0 aliphatic carbocycles. The van der Waals surface area contributed by atoms with Crippen molar-refractivity contribution in [3.63, 3.8) is 0 Å². The summed E-state index contributed by atoms with van der Waals surface area (Å²) in [6.07, 6.45) is 6.27. The first kappa shape index (κ1) is 21.3. The zero-order valence-electron chi connectivity index (χ0n) is 16.7. The average Bonchev–Trinajstić information content (AvgIpc) is 3.22. The van der Waals surface area contributed by atoms with E-state index in [9.17, 15) is 13.2 Å². The molecule has 8 nitrogen and oxygen atoms in total. The molecule has 1 atom stereocenters. The number of sulfonamides is 1. The van der Waals surface area contributed by atoms with Crippen molar-refractivity contribution in [2.24, 2.45) is 0 Å². The standard InChI is InChI=1S/C20H28N4O4S/c1-2-15-29(26,27)24-12-4-3-9-19(24)20(25)22-17-7-5-8-18(16-17)28-14-13-23-11-6-10-21-23/h5-8,10-11,16,19H,2-4,9,12-15H2,1H3,(H,22,25). The molecule has 1 unspecified atom stereocenters. The molecule has 0 saturated carbocycles. The Morgan fingerprint density at radius 1 is 1.31 bits per heavy atom. The lowest BCUT2D eigenvalue weighted by atomic mass is 10.0. The van der Waals surface area contributed by atoms with Crippen LogP contribution in [0.25, 0.3) is 0 Å². The molecule has 1 saturated heterocycles. The summed E-state index contributed by atoms with van der Waals surface area (Å²) in [5, 5.41) is 6.98. The Bertz CT molecular complexity index is 899. The third kappa shape index (κ3) is 5.80. The molecule has 1 aromatic carbocycles. The normalized spacial score (nSPS) is 17.8. The number of nitrogens with zero attached hydrogens (tertiary/aromatic N) is 3. The smallest absolute Gasteiger partial charge is 0.242 e. The highest BCUT2D eigenvalue weighted by atomic mass is 32.2. The van der Waals surface area contributed by atoms with E-state index in [0.29, 0.717) is 44.0 Å². The number of carbonyl (C=O) groups excluding carboxylic acids is 1. The van der Waals surface area contributed by atoms with Gasteiger partial charge >= 0.3 is 0 Å². The number of hydrogen-bond donors (Lipinski definition) is 1. The van der Waals surface area contributed by atoms with Crippen molar-refractivity contribution in [2.45, 2.75) is 45.2 Å². The number of aromatic nitrogens is 2. The van der Waals surface area contributed by atoms with Crippen LogP contribution in [-0.2, 0) is 21.4 Å². The van der Waals surface area contributed by atoms with Gasteiger partial charge in [-0.3, -0.25) is 9.48 Å².